The number of benzene rings is 2. The molecule has 3 heteroatoms. The first-order valence-electron chi connectivity index (χ1n) is 8.76. The zero-order valence-corrected chi connectivity index (χ0v) is 14.4. The summed E-state index contributed by atoms with van der Waals surface area (Å²) in [6.07, 6.45) is 7.96. The highest BCUT2D eigenvalue weighted by Crippen LogP contribution is 2.19. The van der Waals surface area contributed by atoms with Gasteiger partial charge >= 0.3 is 0 Å². The number of halogens is 1. The van der Waals surface area contributed by atoms with E-state index in [1.165, 1.54) is 11.6 Å². The van der Waals surface area contributed by atoms with Crippen LogP contribution < -0.4 is 10.3 Å². The van der Waals surface area contributed by atoms with Gasteiger partial charge < -0.3 is 5.73 Å². The van der Waals surface area contributed by atoms with E-state index in [0.717, 1.165) is 37.1 Å². The molecule has 3 aromatic rings. The van der Waals surface area contributed by atoms with Crippen molar-refractivity contribution in [1.29, 1.82) is 0 Å². The Hall–Kier alpha value is -2.68. The molecule has 0 radical (unpaired) electrons. The van der Waals surface area contributed by atoms with Crippen LogP contribution in [0.2, 0.25) is 0 Å². The predicted molar refractivity (Wildman–Crippen MR) is 99.6 cm³/mol. The predicted octanol–water partition coefficient (Wildman–Crippen LogP) is 4.31. The SMILES string of the molecule is Nc1cc(CCCC[n+]2ccccc2)cc(Cc2ccccc2F)c1. The van der Waals surface area contributed by atoms with E-state index in [-0.39, 0.29) is 5.82 Å². The van der Waals surface area contributed by atoms with Crippen LogP contribution in [-0.2, 0) is 19.4 Å². The zero-order valence-electron chi connectivity index (χ0n) is 14.4. The van der Waals surface area contributed by atoms with E-state index in [9.17, 15) is 4.39 Å². The number of hydrogen-bond donors (Lipinski definition) is 1. The molecule has 25 heavy (non-hydrogen) atoms. The van der Waals surface area contributed by atoms with E-state index in [2.05, 4.69) is 23.0 Å². The molecule has 1 aromatic heterocycles. The van der Waals surface area contributed by atoms with Gasteiger partial charge in [-0.2, -0.15) is 0 Å². The maximum atomic E-state index is 13.9. The second kappa shape index (κ2) is 8.43. The van der Waals surface area contributed by atoms with Gasteiger partial charge in [0.25, 0.3) is 0 Å². The average Bonchev–Trinajstić information content (AvgIpc) is 2.61. The molecule has 2 aromatic carbocycles. The Morgan fingerprint density at radius 2 is 1.60 bits per heavy atom. The molecular weight excluding hydrogens is 311 g/mol. The summed E-state index contributed by atoms with van der Waals surface area (Å²) in [4.78, 5) is 0. The van der Waals surface area contributed by atoms with Crippen molar-refractivity contribution in [2.75, 3.05) is 5.73 Å². The molecule has 0 atom stereocenters. The summed E-state index contributed by atoms with van der Waals surface area (Å²) in [5.74, 6) is -0.161. The molecule has 128 valence electrons. The third-order valence-corrected chi connectivity index (χ3v) is 4.34. The van der Waals surface area contributed by atoms with E-state index in [4.69, 9.17) is 5.73 Å². The first-order chi connectivity index (χ1) is 12.2. The number of nitrogens with two attached hydrogens (primary N) is 1. The summed E-state index contributed by atoms with van der Waals surface area (Å²) in [5, 5.41) is 0. The second-order valence-electron chi connectivity index (χ2n) is 6.42. The summed E-state index contributed by atoms with van der Waals surface area (Å²) in [5.41, 5.74) is 9.80. The van der Waals surface area contributed by atoms with Gasteiger partial charge in [0.1, 0.15) is 12.4 Å². The molecule has 2 nitrogen and oxygen atoms in total. The standard InChI is InChI=1S/C22H24FN2/c23-22-10-3-2-9-20(22)15-19-14-18(16-21(24)17-19)8-4-7-13-25-11-5-1-6-12-25/h1-3,5-6,9-12,14,16-17H,4,7-8,13,15,24H2/q+1. The Morgan fingerprint density at radius 1 is 0.840 bits per heavy atom. The summed E-state index contributed by atoms with van der Waals surface area (Å²) >= 11 is 0. The number of aryl methyl sites for hydroxylation is 2. The van der Waals surface area contributed by atoms with E-state index in [1.54, 1.807) is 6.07 Å². The van der Waals surface area contributed by atoms with Gasteiger partial charge in [-0.05, 0) is 47.7 Å². The van der Waals surface area contributed by atoms with Gasteiger partial charge in [0, 0.05) is 30.7 Å². The Balaban J connectivity index is 1.59. The van der Waals surface area contributed by atoms with Crippen molar-refractivity contribution in [1.82, 2.24) is 0 Å². The molecule has 0 aliphatic carbocycles. The van der Waals surface area contributed by atoms with Crippen LogP contribution in [0.15, 0.2) is 73.1 Å². The van der Waals surface area contributed by atoms with Gasteiger partial charge in [0.2, 0.25) is 0 Å². The van der Waals surface area contributed by atoms with Crippen LogP contribution in [0.25, 0.3) is 0 Å². The highest BCUT2D eigenvalue weighted by molar-refractivity contribution is 5.46. The highest BCUT2D eigenvalue weighted by Gasteiger charge is 2.05. The maximum Gasteiger partial charge on any atom is 0.168 e. The number of hydrogen-bond acceptors (Lipinski definition) is 1. The summed E-state index contributed by atoms with van der Waals surface area (Å²) in [6, 6.07) is 19.2. The summed E-state index contributed by atoms with van der Waals surface area (Å²) < 4.78 is 16.0. The van der Waals surface area contributed by atoms with Gasteiger partial charge in [0.15, 0.2) is 12.4 Å². The molecule has 0 spiro atoms. The minimum Gasteiger partial charge on any atom is -0.399 e. The van der Waals surface area contributed by atoms with Crippen LogP contribution in [0.5, 0.6) is 0 Å². The van der Waals surface area contributed by atoms with Crippen molar-refractivity contribution in [2.24, 2.45) is 0 Å². The quantitative estimate of drug-likeness (QED) is 0.389. The summed E-state index contributed by atoms with van der Waals surface area (Å²) in [6.45, 7) is 1.02. The lowest BCUT2D eigenvalue weighted by Gasteiger charge is -2.08. The lowest BCUT2D eigenvalue weighted by Crippen LogP contribution is -2.32. The van der Waals surface area contributed by atoms with Crippen LogP contribution >= 0.6 is 0 Å². The number of aromatic nitrogens is 1. The fourth-order valence-corrected chi connectivity index (χ4v) is 3.11. The highest BCUT2D eigenvalue weighted by atomic mass is 19.1. The molecule has 2 N–H and O–H groups in total. The Morgan fingerprint density at radius 3 is 2.40 bits per heavy atom. The first-order valence-corrected chi connectivity index (χ1v) is 8.76. The molecule has 0 fully saturated rings. The smallest absolute Gasteiger partial charge is 0.168 e. The molecule has 0 aliphatic heterocycles. The minimum absolute atomic E-state index is 0.161. The van der Waals surface area contributed by atoms with Crippen molar-refractivity contribution in [2.45, 2.75) is 32.2 Å². The molecule has 0 unspecified atom stereocenters. The van der Waals surface area contributed by atoms with Gasteiger partial charge in [0.05, 0.1) is 0 Å². The van der Waals surface area contributed by atoms with Crippen LogP contribution in [0.4, 0.5) is 10.1 Å². The molecule has 0 saturated heterocycles. The number of nitrogen functional groups attached to an aromatic ring is 1. The van der Waals surface area contributed by atoms with Gasteiger partial charge in [-0.25, -0.2) is 8.96 Å². The maximum absolute atomic E-state index is 13.9. The van der Waals surface area contributed by atoms with Gasteiger partial charge in [-0.3, -0.25) is 0 Å². The molecule has 0 aliphatic rings. The summed E-state index contributed by atoms with van der Waals surface area (Å²) in [7, 11) is 0. The zero-order chi connectivity index (χ0) is 17.5. The van der Waals surface area contributed by atoms with Crippen molar-refractivity contribution >= 4 is 5.69 Å². The number of pyridine rings is 1. The number of unbranched alkanes of at least 4 members (excludes halogenated alkanes) is 1. The molecule has 0 amide bonds. The lowest BCUT2D eigenvalue weighted by atomic mass is 9.99. The monoisotopic (exact) mass is 335 g/mol. The third kappa shape index (κ3) is 5.15. The Labute approximate surface area is 148 Å². The van der Waals surface area contributed by atoms with E-state index >= 15 is 0 Å². The van der Waals surface area contributed by atoms with E-state index in [1.807, 2.05) is 42.5 Å². The Kier molecular flexibility index (Phi) is 5.78. The number of anilines is 1. The Bertz CT molecular complexity index is 815. The number of nitrogens with zero attached hydrogens (tertiary/aromatic N) is 1. The fraction of sp³-hybridized carbons (Fsp3) is 0.227. The average molecular weight is 335 g/mol. The van der Waals surface area contributed by atoms with Crippen LogP contribution in [0.1, 0.15) is 29.5 Å². The van der Waals surface area contributed by atoms with Crippen LogP contribution in [0.3, 0.4) is 0 Å². The largest absolute Gasteiger partial charge is 0.399 e. The van der Waals surface area contributed by atoms with Crippen molar-refractivity contribution < 1.29 is 8.96 Å². The van der Waals surface area contributed by atoms with Crippen LogP contribution in [0, 0.1) is 5.82 Å². The fourth-order valence-electron chi connectivity index (χ4n) is 3.11. The minimum atomic E-state index is -0.161. The molecule has 1 heterocycles. The van der Waals surface area contributed by atoms with Gasteiger partial charge in [-0.1, -0.05) is 30.3 Å². The lowest BCUT2D eigenvalue weighted by molar-refractivity contribution is -0.697. The van der Waals surface area contributed by atoms with Crippen molar-refractivity contribution in [3.05, 3.63) is 95.6 Å². The van der Waals surface area contributed by atoms with E-state index < -0.39 is 0 Å². The third-order valence-electron chi connectivity index (χ3n) is 4.34. The number of rotatable bonds is 7. The van der Waals surface area contributed by atoms with E-state index in [0.29, 0.717) is 12.0 Å². The molecule has 0 saturated carbocycles. The normalized spacial score (nSPS) is 10.8. The second-order valence-corrected chi connectivity index (χ2v) is 6.42. The molecular formula is C22H24FN2+. The molecule has 0 bridgehead atoms. The van der Waals surface area contributed by atoms with Crippen LogP contribution in [-0.4, -0.2) is 0 Å². The van der Waals surface area contributed by atoms with Crippen molar-refractivity contribution in [3.63, 3.8) is 0 Å². The topological polar surface area (TPSA) is 29.9 Å². The molecule has 3 rings (SSSR count). The van der Waals surface area contributed by atoms with Gasteiger partial charge in [-0.15, -0.1) is 0 Å². The van der Waals surface area contributed by atoms with Crippen molar-refractivity contribution in [3.8, 4) is 0 Å². The first kappa shape index (κ1) is 17.2.